The van der Waals surface area contributed by atoms with Crippen LogP contribution < -0.4 is 0 Å². The van der Waals surface area contributed by atoms with E-state index < -0.39 is 4.92 Å². The van der Waals surface area contributed by atoms with Gasteiger partial charge in [0.1, 0.15) is 0 Å². The SMILES string of the molecule is COCCN(CCC#N)C(=O)c1ccc(Br)c([N+](=O)[O-])c1. The van der Waals surface area contributed by atoms with Crippen LogP contribution in [0.15, 0.2) is 22.7 Å². The van der Waals surface area contributed by atoms with Gasteiger partial charge in [-0.3, -0.25) is 14.9 Å². The van der Waals surface area contributed by atoms with Crippen molar-refractivity contribution in [1.82, 2.24) is 4.90 Å². The molecule has 1 aromatic rings. The summed E-state index contributed by atoms with van der Waals surface area (Å²) in [7, 11) is 1.51. The van der Waals surface area contributed by atoms with Gasteiger partial charge in [-0.1, -0.05) is 0 Å². The first-order chi connectivity index (χ1) is 10.0. The first-order valence-electron chi connectivity index (χ1n) is 6.10. The molecule has 0 spiro atoms. The van der Waals surface area contributed by atoms with Crippen LogP contribution in [0.2, 0.25) is 0 Å². The maximum atomic E-state index is 12.4. The summed E-state index contributed by atoms with van der Waals surface area (Å²) < 4.78 is 5.24. The van der Waals surface area contributed by atoms with Gasteiger partial charge in [-0.25, -0.2) is 0 Å². The van der Waals surface area contributed by atoms with E-state index >= 15 is 0 Å². The third-order valence-electron chi connectivity index (χ3n) is 2.74. The average molecular weight is 356 g/mol. The summed E-state index contributed by atoms with van der Waals surface area (Å²) in [6, 6.07) is 6.16. The standard InChI is InChI=1S/C13H14BrN3O4/c1-21-8-7-16(6-2-5-15)13(18)10-3-4-11(14)12(9-10)17(19)20/h3-4,9H,2,6-8H2,1H3. The fourth-order valence-electron chi connectivity index (χ4n) is 1.67. The predicted octanol–water partition coefficient (Wildman–Crippen LogP) is 2.36. The molecule has 0 saturated heterocycles. The van der Waals surface area contributed by atoms with Crippen LogP contribution in [0.5, 0.6) is 0 Å². The lowest BCUT2D eigenvalue weighted by atomic mass is 10.1. The molecule has 0 N–H and O–H groups in total. The van der Waals surface area contributed by atoms with Crippen molar-refractivity contribution < 1.29 is 14.5 Å². The van der Waals surface area contributed by atoms with Crippen LogP contribution in [0.4, 0.5) is 5.69 Å². The van der Waals surface area contributed by atoms with Crippen LogP contribution in [0, 0.1) is 21.4 Å². The molecule has 0 fully saturated rings. The van der Waals surface area contributed by atoms with Gasteiger partial charge < -0.3 is 9.64 Å². The third-order valence-corrected chi connectivity index (χ3v) is 3.41. The summed E-state index contributed by atoms with van der Waals surface area (Å²) in [6.07, 6.45) is 0.189. The first kappa shape index (κ1) is 17.1. The molecule has 0 aliphatic rings. The lowest BCUT2D eigenvalue weighted by Crippen LogP contribution is -2.34. The molecular formula is C13H14BrN3O4. The van der Waals surface area contributed by atoms with E-state index in [4.69, 9.17) is 10.00 Å². The van der Waals surface area contributed by atoms with Gasteiger partial charge in [-0.2, -0.15) is 5.26 Å². The molecule has 0 unspecified atom stereocenters. The van der Waals surface area contributed by atoms with Crippen molar-refractivity contribution in [3.05, 3.63) is 38.3 Å². The quantitative estimate of drug-likeness (QED) is 0.552. The minimum Gasteiger partial charge on any atom is -0.383 e. The zero-order valence-electron chi connectivity index (χ0n) is 11.4. The normalized spacial score (nSPS) is 9.95. The number of hydrogen-bond donors (Lipinski definition) is 0. The van der Waals surface area contributed by atoms with Crippen molar-refractivity contribution in [2.24, 2.45) is 0 Å². The second-order valence-electron chi connectivity index (χ2n) is 4.12. The van der Waals surface area contributed by atoms with Crippen molar-refractivity contribution in [2.75, 3.05) is 26.8 Å². The number of hydrogen-bond acceptors (Lipinski definition) is 5. The van der Waals surface area contributed by atoms with E-state index in [1.165, 1.54) is 30.2 Å². The number of nitro groups is 1. The van der Waals surface area contributed by atoms with Crippen molar-refractivity contribution in [3.63, 3.8) is 0 Å². The molecule has 0 aliphatic carbocycles. The number of ether oxygens (including phenoxy) is 1. The Morgan fingerprint density at radius 3 is 2.81 bits per heavy atom. The minimum absolute atomic E-state index is 0.173. The average Bonchev–Trinajstić information content (AvgIpc) is 2.47. The Morgan fingerprint density at radius 1 is 1.52 bits per heavy atom. The fraction of sp³-hybridized carbons (Fsp3) is 0.385. The van der Waals surface area contributed by atoms with Crippen molar-refractivity contribution >= 4 is 27.5 Å². The van der Waals surface area contributed by atoms with Crippen LogP contribution in [-0.2, 0) is 4.74 Å². The van der Waals surface area contributed by atoms with Gasteiger partial charge >= 0.3 is 0 Å². The Balaban J connectivity index is 2.99. The molecule has 0 aromatic heterocycles. The highest BCUT2D eigenvalue weighted by atomic mass is 79.9. The highest BCUT2D eigenvalue weighted by Gasteiger charge is 2.20. The van der Waals surface area contributed by atoms with Crippen molar-refractivity contribution in [3.8, 4) is 6.07 Å². The summed E-state index contributed by atoms with van der Waals surface area (Å²) >= 11 is 3.07. The maximum absolute atomic E-state index is 12.4. The molecule has 0 saturated carbocycles. The smallest absolute Gasteiger partial charge is 0.284 e. The number of rotatable bonds is 7. The van der Waals surface area contributed by atoms with Crippen LogP contribution in [0.25, 0.3) is 0 Å². The number of carbonyl (C=O) groups excluding carboxylic acids is 1. The lowest BCUT2D eigenvalue weighted by Gasteiger charge is -2.21. The van der Waals surface area contributed by atoms with Crippen molar-refractivity contribution in [2.45, 2.75) is 6.42 Å². The monoisotopic (exact) mass is 355 g/mol. The Hall–Kier alpha value is -1.98. The fourth-order valence-corrected chi connectivity index (χ4v) is 2.06. The molecule has 0 bridgehead atoms. The lowest BCUT2D eigenvalue weighted by molar-refractivity contribution is -0.385. The van der Waals surface area contributed by atoms with Crippen molar-refractivity contribution in [1.29, 1.82) is 5.26 Å². The summed E-state index contributed by atoms with van der Waals surface area (Å²) in [5.74, 6) is -0.363. The first-order valence-corrected chi connectivity index (χ1v) is 6.89. The Morgan fingerprint density at radius 2 is 2.24 bits per heavy atom. The molecule has 0 atom stereocenters. The summed E-state index contributed by atoms with van der Waals surface area (Å²) in [4.78, 5) is 24.1. The number of methoxy groups -OCH3 is 1. The zero-order valence-corrected chi connectivity index (χ0v) is 13.0. The highest BCUT2D eigenvalue weighted by Crippen LogP contribution is 2.26. The predicted molar refractivity (Wildman–Crippen MR) is 78.8 cm³/mol. The molecule has 1 aromatic carbocycles. The van der Waals surface area contributed by atoms with Gasteiger partial charge in [0.15, 0.2) is 0 Å². The van der Waals surface area contributed by atoms with E-state index in [2.05, 4.69) is 15.9 Å². The Kier molecular flexibility index (Phi) is 6.78. The van der Waals surface area contributed by atoms with Gasteiger partial charge in [-0.15, -0.1) is 0 Å². The van der Waals surface area contributed by atoms with Crippen LogP contribution in [0.3, 0.4) is 0 Å². The van der Waals surface area contributed by atoms with E-state index in [9.17, 15) is 14.9 Å². The van der Waals surface area contributed by atoms with E-state index in [0.29, 0.717) is 17.6 Å². The van der Waals surface area contributed by atoms with E-state index in [0.717, 1.165) is 0 Å². The summed E-state index contributed by atoms with van der Waals surface area (Å²) in [6.45, 7) is 0.902. The van der Waals surface area contributed by atoms with E-state index in [1.54, 1.807) is 0 Å². The molecule has 1 amide bonds. The molecule has 112 valence electrons. The number of halogens is 1. The maximum Gasteiger partial charge on any atom is 0.284 e. The number of nitrogens with zero attached hydrogens (tertiary/aromatic N) is 3. The number of carbonyl (C=O) groups is 1. The molecule has 1 rings (SSSR count). The van der Waals surface area contributed by atoms with Gasteiger partial charge in [-0.05, 0) is 28.1 Å². The Bertz CT molecular complexity index is 571. The summed E-state index contributed by atoms with van der Waals surface area (Å²) in [5, 5.41) is 19.5. The Labute approximate surface area is 130 Å². The van der Waals surface area contributed by atoms with Gasteiger partial charge in [0, 0.05) is 31.8 Å². The molecule has 21 heavy (non-hydrogen) atoms. The largest absolute Gasteiger partial charge is 0.383 e. The van der Waals surface area contributed by atoms with Gasteiger partial charge in [0.05, 0.1) is 28.5 Å². The van der Waals surface area contributed by atoms with E-state index in [1.807, 2.05) is 6.07 Å². The molecule has 0 radical (unpaired) electrons. The number of amides is 1. The van der Waals surface area contributed by atoms with Gasteiger partial charge in [0.2, 0.25) is 0 Å². The molecular weight excluding hydrogens is 342 g/mol. The number of benzene rings is 1. The molecule has 0 aliphatic heterocycles. The molecule has 8 heteroatoms. The van der Waals surface area contributed by atoms with Crippen LogP contribution in [-0.4, -0.2) is 42.5 Å². The second kappa shape index (κ2) is 8.34. The van der Waals surface area contributed by atoms with Crippen LogP contribution in [0.1, 0.15) is 16.8 Å². The minimum atomic E-state index is -0.560. The second-order valence-corrected chi connectivity index (χ2v) is 4.97. The summed E-state index contributed by atoms with van der Waals surface area (Å²) in [5.41, 5.74) is 0.0340. The molecule has 7 nitrogen and oxygen atoms in total. The highest BCUT2D eigenvalue weighted by molar-refractivity contribution is 9.10. The number of nitro benzene ring substituents is 1. The number of nitriles is 1. The zero-order chi connectivity index (χ0) is 15.8. The van der Waals surface area contributed by atoms with Crippen LogP contribution >= 0.6 is 15.9 Å². The van der Waals surface area contributed by atoms with E-state index in [-0.39, 0.29) is 30.1 Å². The molecule has 0 heterocycles. The third kappa shape index (κ3) is 4.81. The topological polar surface area (TPSA) is 96.5 Å². The van der Waals surface area contributed by atoms with Gasteiger partial charge in [0.25, 0.3) is 11.6 Å².